The molecule has 0 aromatic heterocycles. The highest BCUT2D eigenvalue weighted by Gasteiger charge is 2.16. The molecule has 0 aliphatic heterocycles. The largest absolute Gasteiger partial charge is 0.411 e. The zero-order valence-corrected chi connectivity index (χ0v) is 9.73. The Morgan fingerprint density at radius 1 is 1.47 bits per heavy atom. The first-order valence-corrected chi connectivity index (χ1v) is 5.96. The van der Waals surface area contributed by atoms with E-state index >= 15 is 0 Å². The van der Waals surface area contributed by atoms with E-state index in [-0.39, 0.29) is 10.6 Å². The van der Waals surface area contributed by atoms with Crippen LogP contribution in [0, 0.1) is 0 Å². The van der Waals surface area contributed by atoms with Gasteiger partial charge in [-0.3, -0.25) is 0 Å². The van der Waals surface area contributed by atoms with E-state index in [2.05, 4.69) is 5.16 Å². The second kappa shape index (κ2) is 4.83. The predicted octanol–water partition coefficient (Wildman–Crippen LogP) is 0.242. The number of amides is 2. The number of hydrogen-bond donors (Lipinski definition) is 3. The van der Waals surface area contributed by atoms with E-state index in [4.69, 9.17) is 10.9 Å². The van der Waals surface area contributed by atoms with Crippen LogP contribution in [-0.2, 0) is 10.0 Å². The van der Waals surface area contributed by atoms with Crippen molar-refractivity contribution in [2.75, 3.05) is 0 Å². The fourth-order valence-electron chi connectivity index (χ4n) is 1.14. The Hall–Kier alpha value is -2.09. The maximum Gasteiger partial charge on any atom is 0.326 e. The molecule has 0 fully saturated rings. The molecule has 4 N–H and O–H groups in total. The Balaban J connectivity index is 3.21. The number of sulfonamides is 1. The van der Waals surface area contributed by atoms with Crippen LogP contribution in [0.2, 0.25) is 0 Å². The van der Waals surface area contributed by atoms with E-state index in [9.17, 15) is 13.2 Å². The summed E-state index contributed by atoms with van der Waals surface area (Å²) in [6, 6.07) is 4.42. The van der Waals surface area contributed by atoms with Crippen LogP contribution in [0.15, 0.2) is 34.3 Å². The fourth-order valence-corrected chi connectivity index (χ4v) is 2.06. The van der Waals surface area contributed by atoms with Gasteiger partial charge in [0.2, 0.25) is 0 Å². The summed E-state index contributed by atoms with van der Waals surface area (Å²) in [5.74, 6) is 0. The standard InChI is InChI=1S/C9H11N3O4S/c1-6(11-14)7-3-2-4-8(5-7)17(15,16)12-9(10)13/h2-5,14H,1H3,(H3,10,12,13). The molecule has 0 aliphatic rings. The van der Waals surface area contributed by atoms with Crippen LogP contribution in [0.25, 0.3) is 0 Å². The van der Waals surface area contributed by atoms with Gasteiger partial charge in [-0.2, -0.15) is 0 Å². The lowest BCUT2D eigenvalue weighted by molar-refractivity contribution is 0.253. The molecule has 7 nitrogen and oxygen atoms in total. The molecule has 17 heavy (non-hydrogen) atoms. The van der Waals surface area contributed by atoms with Gasteiger partial charge in [0.25, 0.3) is 10.0 Å². The third-order valence-electron chi connectivity index (χ3n) is 1.95. The van der Waals surface area contributed by atoms with E-state index in [1.807, 2.05) is 0 Å². The van der Waals surface area contributed by atoms with Crippen molar-refractivity contribution < 1.29 is 18.4 Å². The van der Waals surface area contributed by atoms with Crippen molar-refractivity contribution in [1.29, 1.82) is 0 Å². The molecule has 0 saturated heterocycles. The van der Waals surface area contributed by atoms with E-state index in [1.54, 1.807) is 10.8 Å². The molecule has 0 radical (unpaired) electrons. The lowest BCUT2D eigenvalue weighted by atomic mass is 10.1. The smallest absolute Gasteiger partial charge is 0.326 e. The topological polar surface area (TPSA) is 122 Å². The van der Waals surface area contributed by atoms with Crippen LogP contribution in [0.1, 0.15) is 12.5 Å². The third-order valence-corrected chi connectivity index (χ3v) is 3.29. The van der Waals surface area contributed by atoms with E-state index in [0.717, 1.165) is 0 Å². The van der Waals surface area contributed by atoms with E-state index < -0.39 is 16.1 Å². The number of nitrogens with zero attached hydrogens (tertiary/aromatic N) is 1. The van der Waals surface area contributed by atoms with Crippen LogP contribution in [0.3, 0.4) is 0 Å². The number of primary amides is 1. The number of benzene rings is 1. The lowest BCUT2D eigenvalue weighted by Crippen LogP contribution is -2.35. The Labute approximate surface area is 98.0 Å². The fraction of sp³-hybridized carbons (Fsp3) is 0.111. The van der Waals surface area contributed by atoms with Gasteiger partial charge < -0.3 is 10.9 Å². The number of hydrogen-bond acceptors (Lipinski definition) is 5. The summed E-state index contributed by atoms with van der Waals surface area (Å²) in [5, 5.41) is 11.5. The number of carbonyl (C=O) groups is 1. The summed E-state index contributed by atoms with van der Waals surface area (Å²) in [6.45, 7) is 1.51. The number of carbonyl (C=O) groups excluding carboxylic acids is 1. The first kappa shape index (κ1) is 13.0. The summed E-state index contributed by atoms with van der Waals surface area (Å²) in [7, 11) is -3.98. The summed E-state index contributed by atoms with van der Waals surface area (Å²) in [4.78, 5) is 10.4. The van der Waals surface area contributed by atoms with Gasteiger partial charge in [0.05, 0.1) is 10.6 Å². The molecule has 1 aromatic carbocycles. The summed E-state index contributed by atoms with van der Waals surface area (Å²) in [5.41, 5.74) is 5.41. The first-order chi connectivity index (χ1) is 7.86. The molecular formula is C9H11N3O4S. The highest BCUT2D eigenvalue weighted by Crippen LogP contribution is 2.12. The molecule has 0 heterocycles. The molecule has 0 saturated carbocycles. The van der Waals surface area contributed by atoms with Crippen molar-refractivity contribution in [3.05, 3.63) is 29.8 Å². The Morgan fingerprint density at radius 3 is 2.65 bits per heavy atom. The molecular weight excluding hydrogens is 246 g/mol. The molecule has 92 valence electrons. The average molecular weight is 257 g/mol. The van der Waals surface area contributed by atoms with Crippen LogP contribution in [-0.4, -0.2) is 25.4 Å². The monoisotopic (exact) mass is 257 g/mol. The zero-order chi connectivity index (χ0) is 13.1. The van der Waals surface area contributed by atoms with Gasteiger partial charge in [-0.15, -0.1) is 0 Å². The van der Waals surface area contributed by atoms with Gasteiger partial charge in [-0.05, 0) is 19.1 Å². The maximum atomic E-state index is 11.6. The number of nitrogens with one attached hydrogen (secondary N) is 1. The van der Waals surface area contributed by atoms with Crippen molar-refractivity contribution in [3.63, 3.8) is 0 Å². The van der Waals surface area contributed by atoms with Gasteiger partial charge in [-0.25, -0.2) is 17.9 Å². The second-order valence-electron chi connectivity index (χ2n) is 3.18. The first-order valence-electron chi connectivity index (χ1n) is 4.48. The number of urea groups is 1. The minimum atomic E-state index is -3.98. The molecule has 1 rings (SSSR count). The SMILES string of the molecule is CC(=NO)c1cccc(S(=O)(=O)NC(N)=O)c1. The molecule has 0 atom stereocenters. The average Bonchev–Trinajstić information content (AvgIpc) is 2.26. The number of rotatable bonds is 3. The van der Waals surface area contributed by atoms with E-state index in [0.29, 0.717) is 5.56 Å². The summed E-state index contributed by atoms with van der Waals surface area (Å²) >= 11 is 0. The minimum Gasteiger partial charge on any atom is -0.411 e. The molecule has 2 amide bonds. The lowest BCUT2D eigenvalue weighted by Gasteiger charge is -2.05. The Morgan fingerprint density at radius 2 is 2.12 bits per heavy atom. The van der Waals surface area contributed by atoms with Crippen LogP contribution in [0.5, 0.6) is 0 Å². The van der Waals surface area contributed by atoms with Crippen molar-refractivity contribution in [1.82, 2.24) is 4.72 Å². The van der Waals surface area contributed by atoms with Crippen molar-refractivity contribution in [2.45, 2.75) is 11.8 Å². The van der Waals surface area contributed by atoms with Crippen LogP contribution < -0.4 is 10.5 Å². The van der Waals surface area contributed by atoms with Crippen LogP contribution in [0.4, 0.5) is 4.79 Å². The van der Waals surface area contributed by atoms with E-state index in [1.165, 1.54) is 25.1 Å². The number of nitrogens with two attached hydrogens (primary N) is 1. The van der Waals surface area contributed by atoms with Crippen LogP contribution >= 0.6 is 0 Å². The highest BCUT2D eigenvalue weighted by atomic mass is 32.2. The quantitative estimate of drug-likeness (QED) is 0.408. The van der Waals surface area contributed by atoms with Gasteiger partial charge in [0.1, 0.15) is 0 Å². The van der Waals surface area contributed by atoms with Crippen molar-refractivity contribution in [2.24, 2.45) is 10.9 Å². The molecule has 0 bridgehead atoms. The Kier molecular flexibility index (Phi) is 3.69. The van der Waals surface area contributed by atoms with Gasteiger partial charge in [-0.1, -0.05) is 17.3 Å². The molecule has 0 aliphatic carbocycles. The minimum absolute atomic E-state index is 0.142. The molecule has 1 aromatic rings. The summed E-state index contributed by atoms with van der Waals surface area (Å²) < 4.78 is 24.8. The highest BCUT2D eigenvalue weighted by molar-refractivity contribution is 7.90. The van der Waals surface area contributed by atoms with Crippen molar-refractivity contribution >= 4 is 21.8 Å². The third kappa shape index (κ3) is 3.18. The predicted molar refractivity (Wildman–Crippen MR) is 60.3 cm³/mol. The maximum absolute atomic E-state index is 11.6. The van der Waals surface area contributed by atoms with Crippen molar-refractivity contribution in [3.8, 4) is 0 Å². The van der Waals surface area contributed by atoms with Gasteiger partial charge >= 0.3 is 6.03 Å². The normalized spacial score (nSPS) is 12.2. The molecule has 8 heteroatoms. The molecule has 0 spiro atoms. The number of oxime groups is 1. The van der Waals surface area contributed by atoms with Gasteiger partial charge in [0.15, 0.2) is 0 Å². The zero-order valence-electron chi connectivity index (χ0n) is 8.91. The summed E-state index contributed by atoms with van der Waals surface area (Å²) in [6.07, 6.45) is 0. The Bertz CT molecular complexity index is 565. The second-order valence-corrected chi connectivity index (χ2v) is 4.87. The molecule has 0 unspecified atom stereocenters. The van der Waals surface area contributed by atoms with Gasteiger partial charge in [0, 0.05) is 5.56 Å².